The molecule has 0 bridgehead atoms. The maximum absolute atomic E-state index is 12.5. The molecule has 0 aliphatic rings. The summed E-state index contributed by atoms with van der Waals surface area (Å²) in [6, 6.07) is 6.47. The lowest BCUT2D eigenvalue weighted by atomic mass is 10.1. The Morgan fingerprint density at radius 2 is 2.04 bits per heavy atom. The van der Waals surface area contributed by atoms with Gasteiger partial charge in [0, 0.05) is 19.2 Å². The zero-order valence-electron chi connectivity index (χ0n) is 14.6. The number of aromatic nitrogens is 1. The molecule has 0 atom stereocenters. The molecule has 1 N–H and O–H groups in total. The van der Waals surface area contributed by atoms with Crippen LogP contribution in [-0.4, -0.2) is 28.9 Å². The highest BCUT2D eigenvalue weighted by molar-refractivity contribution is 7.29. The smallest absolute Gasteiger partial charge is 0.274 e. The van der Waals surface area contributed by atoms with Crippen molar-refractivity contribution in [1.29, 1.82) is 0 Å². The van der Waals surface area contributed by atoms with Gasteiger partial charge in [0.15, 0.2) is 5.13 Å². The van der Waals surface area contributed by atoms with Crippen LogP contribution in [0.5, 0.6) is 0 Å². The van der Waals surface area contributed by atoms with E-state index in [1.165, 1.54) is 17.4 Å². The summed E-state index contributed by atoms with van der Waals surface area (Å²) in [4.78, 5) is 31.3. The maximum Gasteiger partial charge on any atom is 0.274 e. The Morgan fingerprint density at radius 3 is 2.65 bits per heavy atom. The Balaban J connectivity index is 1.84. The van der Waals surface area contributed by atoms with Crippen LogP contribution in [-0.2, 0) is 0 Å². The molecule has 136 valence electrons. The van der Waals surface area contributed by atoms with Crippen molar-refractivity contribution >= 4 is 54.6 Å². The van der Waals surface area contributed by atoms with Gasteiger partial charge in [0.25, 0.3) is 11.6 Å². The maximum atomic E-state index is 12.5. The van der Waals surface area contributed by atoms with Gasteiger partial charge in [-0.3, -0.25) is 14.9 Å². The van der Waals surface area contributed by atoms with Crippen molar-refractivity contribution in [2.75, 3.05) is 23.3 Å². The van der Waals surface area contributed by atoms with Crippen molar-refractivity contribution in [3.63, 3.8) is 0 Å². The highest BCUT2D eigenvalue weighted by atomic mass is 32.1. The third-order valence-corrected chi connectivity index (χ3v) is 6.31. The van der Waals surface area contributed by atoms with Crippen LogP contribution in [0.25, 0.3) is 9.53 Å². The standard InChI is InChI=1S/C17H18N4O3S2/c1-4-20(5-2)17-19-16-14(26-17)9-13(25-16)15(22)18-11-7-6-8-12(10(11)3)21(23)24/h6-9H,4-5H2,1-3H3,(H,18,22). The fraction of sp³-hybridized carbons (Fsp3) is 0.294. The summed E-state index contributed by atoms with van der Waals surface area (Å²) in [5.41, 5.74) is 0.865. The first-order chi connectivity index (χ1) is 12.4. The van der Waals surface area contributed by atoms with Crippen LogP contribution < -0.4 is 10.2 Å². The SMILES string of the molecule is CCN(CC)c1nc2sc(C(=O)Nc3cccc([N+](=O)[O-])c3C)cc2s1. The summed E-state index contributed by atoms with van der Waals surface area (Å²) < 4.78 is 0.970. The van der Waals surface area contributed by atoms with E-state index in [9.17, 15) is 14.9 Å². The highest BCUT2D eigenvalue weighted by Crippen LogP contribution is 2.35. The number of thiazole rings is 1. The molecule has 7 nitrogen and oxygen atoms in total. The van der Waals surface area contributed by atoms with Crippen molar-refractivity contribution in [2.45, 2.75) is 20.8 Å². The fourth-order valence-electron chi connectivity index (χ4n) is 2.61. The minimum atomic E-state index is -0.454. The Morgan fingerprint density at radius 1 is 1.31 bits per heavy atom. The van der Waals surface area contributed by atoms with Gasteiger partial charge in [0.05, 0.1) is 25.8 Å². The lowest BCUT2D eigenvalue weighted by Crippen LogP contribution is -2.21. The number of rotatable bonds is 6. The normalized spacial score (nSPS) is 10.9. The predicted molar refractivity (Wildman–Crippen MR) is 107 cm³/mol. The van der Waals surface area contributed by atoms with Gasteiger partial charge in [-0.15, -0.1) is 11.3 Å². The Bertz CT molecular complexity index is 944. The minimum absolute atomic E-state index is 0.0134. The van der Waals surface area contributed by atoms with E-state index in [1.807, 2.05) is 6.07 Å². The molecule has 1 amide bonds. The Labute approximate surface area is 158 Å². The van der Waals surface area contributed by atoms with Gasteiger partial charge < -0.3 is 10.2 Å². The van der Waals surface area contributed by atoms with Gasteiger partial charge in [0.1, 0.15) is 4.83 Å². The van der Waals surface area contributed by atoms with Gasteiger partial charge >= 0.3 is 0 Å². The third kappa shape index (κ3) is 3.40. The zero-order valence-corrected chi connectivity index (χ0v) is 16.2. The van der Waals surface area contributed by atoms with E-state index in [-0.39, 0.29) is 11.6 Å². The summed E-state index contributed by atoms with van der Waals surface area (Å²) in [5.74, 6) is -0.284. The molecular weight excluding hydrogens is 372 g/mol. The second kappa shape index (κ2) is 7.38. The average Bonchev–Trinajstić information content (AvgIpc) is 3.16. The van der Waals surface area contributed by atoms with Gasteiger partial charge in [-0.1, -0.05) is 17.4 Å². The molecule has 0 aliphatic carbocycles. The van der Waals surface area contributed by atoms with Crippen LogP contribution in [0.1, 0.15) is 29.1 Å². The van der Waals surface area contributed by atoms with Gasteiger partial charge in [-0.2, -0.15) is 0 Å². The summed E-state index contributed by atoms with van der Waals surface area (Å²) >= 11 is 2.89. The molecule has 0 fully saturated rings. The van der Waals surface area contributed by atoms with E-state index in [0.717, 1.165) is 27.8 Å². The lowest BCUT2D eigenvalue weighted by molar-refractivity contribution is -0.385. The second-order valence-electron chi connectivity index (χ2n) is 5.61. The average molecular weight is 390 g/mol. The number of thiophene rings is 1. The summed E-state index contributed by atoms with van der Waals surface area (Å²) in [7, 11) is 0. The lowest BCUT2D eigenvalue weighted by Gasteiger charge is -2.16. The van der Waals surface area contributed by atoms with E-state index in [4.69, 9.17) is 0 Å². The van der Waals surface area contributed by atoms with Gasteiger partial charge in [0.2, 0.25) is 0 Å². The number of nitrogens with one attached hydrogen (secondary N) is 1. The number of fused-ring (bicyclic) bond motifs is 1. The molecule has 0 saturated carbocycles. The topological polar surface area (TPSA) is 88.4 Å². The number of nitro groups is 1. The first kappa shape index (κ1) is 18.3. The van der Waals surface area contributed by atoms with Crippen molar-refractivity contribution < 1.29 is 9.72 Å². The fourth-order valence-corrected chi connectivity index (χ4v) is 4.84. The van der Waals surface area contributed by atoms with Crippen molar-refractivity contribution in [1.82, 2.24) is 4.98 Å². The third-order valence-electron chi connectivity index (χ3n) is 4.09. The Hall–Kier alpha value is -2.52. The van der Waals surface area contributed by atoms with Crippen LogP contribution in [0.2, 0.25) is 0 Å². The second-order valence-corrected chi connectivity index (χ2v) is 7.65. The monoisotopic (exact) mass is 390 g/mol. The molecule has 0 unspecified atom stereocenters. The number of carbonyl (C=O) groups excluding carboxylic acids is 1. The molecule has 0 spiro atoms. The molecule has 1 aromatic carbocycles. The molecule has 0 aliphatic heterocycles. The van der Waals surface area contributed by atoms with Crippen molar-refractivity contribution in [3.8, 4) is 0 Å². The summed E-state index contributed by atoms with van der Waals surface area (Å²) in [6.45, 7) is 7.56. The van der Waals surface area contributed by atoms with Crippen molar-refractivity contribution in [3.05, 3.63) is 44.8 Å². The molecule has 3 aromatic rings. The number of nitrogens with zero attached hydrogens (tertiary/aromatic N) is 3. The van der Waals surface area contributed by atoms with E-state index in [2.05, 4.69) is 29.0 Å². The molecule has 2 aromatic heterocycles. The quantitative estimate of drug-likeness (QED) is 0.488. The van der Waals surface area contributed by atoms with E-state index in [0.29, 0.717) is 16.1 Å². The van der Waals surface area contributed by atoms with Gasteiger partial charge in [-0.25, -0.2) is 4.98 Å². The van der Waals surface area contributed by atoms with Crippen molar-refractivity contribution in [2.24, 2.45) is 0 Å². The van der Waals surface area contributed by atoms with Crippen LogP contribution >= 0.6 is 22.7 Å². The first-order valence-electron chi connectivity index (χ1n) is 8.15. The van der Waals surface area contributed by atoms with Crippen LogP contribution in [0, 0.1) is 17.0 Å². The molecule has 3 rings (SSSR count). The summed E-state index contributed by atoms with van der Waals surface area (Å²) in [6.07, 6.45) is 0. The number of carbonyl (C=O) groups is 1. The van der Waals surface area contributed by atoms with Gasteiger partial charge in [-0.05, 0) is 32.9 Å². The van der Waals surface area contributed by atoms with E-state index in [1.54, 1.807) is 30.4 Å². The largest absolute Gasteiger partial charge is 0.349 e. The number of hydrogen-bond acceptors (Lipinski definition) is 7. The zero-order chi connectivity index (χ0) is 18.8. The summed E-state index contributed by atoms with van der Waals surface area (Å²) in [5, 5.41) is 14.8. The first-order valence-corrected chi connectivity index (χ1v) is 9.78. The van der Waals surface area contributed by atoms with Crippen LogP contribution in [0.4, 0.5) is 16.5 Å². The van der Waals surface area contributed by atoms with Crippen LogP contribution in [0.15, 0.2) is 24.3 Å². The number of nitro benzene ring substituents is 1. The highest BCUT2D eigenvalue weighted by Gasteiger charge is 2.19. The number of benzene rings is 1. The Kier molecular flexibility index (Phi) is 5.19. The number of amides is 1. The number of hydrogen-bond donors (Lipinski definition) is 1. The predicted octanol–water partition coefficient (Wildman–Crippen LogP) is 4.67. The van der Waals surface area contributed by atoms with E-state index >= 15 is 0 Å². The molecule has 0 saturated heterocycles. The molecule has 2 heterocycles. The minimum Gasteiger partial charge on any atom is -0.349 e. The van der Waals surface area contributed by atoms with E-state index < -0.39 is 4.92 Å². The molecule has 9 heteroatoms. The molecule has 0 radical (unpaired) electrons. The molecular formula is C17H18N4O3S2. The van der Waals surface area contributed by atoms with Crippen LogP contribution in [0.3, 0.4) is 0 Å². The molecule has 26 heavy (non-hydrogen) atoms. The number of anilines is 2.